The molecule has 1 amide bonds. The van der Waals surface area contributed by atoms with Gasteiger partial charge in [-0.15, -0.1) is 0 Å². The lowest BCUT2D eigenvalue weighted by atomic mass is 9.81. The minimum absolute atomic E-state index is 0.236. The van der Waals surface area contributed by atoms with Crippen molar-refractivity contribution in [3.63, 3.8) is 0 Å². The van der Waals surface area contributed by atoms with Crippen molar-refractivity contribution in [2.75, 3.05) is 6.54 Å². The van der Waals surface area contributed by atoms with Crippen molar-refractivity contribution in [1.29, 1.82) is 0 Å². The first-order valence-corrected chi connectivity index (χ1v) is 6.80. The molecule has 0 aromatic carbocycles. The number of hydrogen-bond acceptors (Lipinski definition) is 2. The largest absolute Gasteiger partial charge is 0.374 e. The van der Waals surface area contributed by atoms with E-state index in [9.17, 15) is 4.79 Å². The zero-order chi connectivity index (χ0) is 10.7. The maximum atomic E-state index is 12.4. The Morgan fingerprint density at radius 3 is 2.56 bits per heavy atom. The zero-order valence-corrected chi connectivity index (χ0v) is 9.60. The van der Waals surface area contributed by atoms with Crippen LogP contribution >= 0.6 is 0 Å². The molecule has 1 aliphatic carbocycles. The Kier molecular flexibility index (Phi) is 1.90. The molecule has 4 fully saturated rings. The summed E-state index contributed by atoms with van der Waals surface area (Å²) >= 11 is 0. The summed E-state index contributed by atoms with van der Waals surface area (Å²) in [5.41, 5.74) is 0. The van der Waals surface area contributed by atoms with Crippen LogP contribution in [0.4, 0.5) is 0 Å². The molecule has 2 bridgehead atoms. The molecule has 4 aliphatic rings. The first-order chi connectivity index (χ1) is 7.84. The van der Waals surface area contributed by atoms with Crippen LogP contribution in [0, 0.1) is 11.8 Å². The summed E-state index contributed by atoms with van der Waals surface area (Å²) in [7, 11) is 0. The fraction of sp³-hybridized carbons (Fsp3) is 0.923. The van der Waals surface area contributed by atoms with Crippen LogP contribution < -0.4 is 0 Å². The Hall–Kier alpha value is -0.570. The zero-order valence-electron chi connectivity index (χ0n) is 9.60. The monoisotopic (exact) mass is 221 g/mol. The molecule has 4 atom stereocenters. The van der Waals surface area contributed by atoms with E-state index in [4.69, 9.17) is 4.74 Å². The molecule has 3 nitrogen and oxygen atoms in total. The van der Waals surface area contributed by atoms with Gasteiger partial charge >= 0.3 is 0 Å². The van der Waals surface area contributed by atoms with Crippen LogP contribution in [0.3, 0.4) is 0 Å². The van der Waals surface area contributed by atoms with E-state index >= 15 is 0 Å². The molecule has 3 saturated heterocycles. The molecule has 88 valence electrons. The average molecular weight is 221 g/mol. The number of fused-ring (bicyclic) bond motifs is 5. The molecular weight excluding hydrogens is 202 g/mol. The second-order valence-corrected chi connectivity index (χ2v) is 5.91. The number of ether oxygens (including phenoxy) is 1. The smallest absolute Gasteiger partial charge is 0.229 e. The first kappa shape index (κ1) is 9.46. The van der Waals surface area contributed by atoms with Crippen molar-refractivity contribution in [1.82, 2.24) is 4.90 Å². The van der Waals surface area contributed by atoms with Gasteiger partial charge in [0.1, 0.15) is 0 Å². The molecule has 3 heteroatoms. The summed E-state index contributed by atoms with van der Waals surface area (Å²) in [6.45, 7) is 0.995. The number of carbonyl (C=O) groups is 1. The van der Waals surface area contributed by atoms with E-state index in [1.165, 1.54) is 32.1 Å². The van der Waals surface area contributed by atoms with Crippen molar-refractivity contribution < 1.29 is 9.53 Å². The van der Waals surface area contributed by atoms with Crippen LogP contribution in [0.2, 0.25) is 0 Å². The van der Waals surface area contributed by atoms with Crippen LogP contribution in [0.5, 0.6) is 0 Å². The van der Waals surface area contributed by atoms with E-state index < -0.39 is 0 Å². The van der Waals surface area contributed by atoms with Gasteiger partial charge in [0.25, 0.3) is 0 Å². The van der Waals surface area contributed by atoms with Crippen LogP contribution in [0.25, 0.3) is 0 Å². The minimum Gasteiger partial charge on any atom is -0.374 e. The van der Waals surface area contributed by atoms with Crippen molar-refractivity contribution >= 4 is 5.91 Å². The van der Waals surface area contributed by atoms with Crippen molar-refractivity contribution in [3.05, 3.63) is 0 Å². The van der Waals surface area contributed by atoms with E-state index in [1.54, 1.807) is 0 Å². The lowest BCUT2D eigenvalue weighted by Gasteiger charge is -2.25. The summed E-state index contributed by atoms with van der Waals surface area (Å²) in [6, 6.07) is 0.567. The van der Waals surface area contributed by atoms with Crippen molar-refractivity contribution in [2.24, 2.45) is 11.8 Å². The molecule has 3 heterocycles. The Bertz CT molecular complexity index is 324. The molecule has 0 aromatic rings. The van der Waals surface area contributed by atoms with Gasteiger partial charge in [-0.05, 0) is 25.7 Å². The quantitative estimate of drug-likeness (QED) is 0.672. The number of carbonyl (C=O) groups excluding carboxylic acids is 1. The van der Waals surface area contributed by atoms with Crippen LogP contribution in [-0.2, 0) is 9.53 Å². The van der Waals surface area contributed by atoms with Gasteiger partial charge < -0.3 is 9.64 Å². The Labute approximate surface area is 96.1 Å². The average Bonchev–Trinajstić information content (AvgIpc) is 2.97. The number of rotatable bonds is 1. The minimum atomic E-state index is 0.236. The van der Waals surface area contributed by atoms with Crippen molar-refractivity contribution in [3.8, 4) is 0 Å². The third kappa shape index (κ3) is 1.10. The molecule has 4 unspecified atom stereocenters. The van der Waals surface area contributed by atoms with Gasteiger partial charge in [0, 0.05) is 18.5 Å². The SMILES string of the molecule is O=C1C2C3CCC(O3)C2CN1C1CCCC1. The van der Waals surface area contributed by atoms with Crippen LogP contribution in [0.15, 0.2) is 0 Å². The van der Waals surface area contributed by atoms with Crippen LogP contribution in [0.1, 0.15) is 38.5 Å². The number of hydrogen-bond donors (Lipinski definition) is 0. The number of amides is 1. The fourth-order valence-corrected chi connectivity index (χ4v) is 4.40. The standard InChI is InChI=1S/C13H19NO2/c15-13-12-9(10-5-6-11(12)16-10)7-14(13)8-3-1-2-4-8/h8-12H,1-7H2. The predicted molar refractivity (Wildman–Crippen MR) is 58.8 cm³/mol. The van der Waals surface area contributed by atoms with E-state index in [-0.39, 0.29) is 12.0 Å². The molecule has 3 aliphatic heterocycles. The van der Waals surface area contributed by atoms with Crippen LogP contribution in [-0.4, -0.2) is 35.6 Å². The topological polar surface area (TPSA) is 29.5 Å². The van der Waals surface area contributed by atoms with Gasteiger partial charge in [-0.2, -0.15) is 0 Å². The predicted octanol–water partition coefficient (Wildman–Crippen LogP) is 1.56. The van der Waals surface area contributed by atoms with Gasteiger partial charge in [0.05, 0.1) is 18.1 Å². The molecule has 0 radical (unpaired) electrons. The highest BCUT2D eigenvalue weighted by Gasteiger charge is 2.58. The maximum absolute atomic E-state index is 12.4. The normalized spacial score (nSPS) is 47.0. The maximum Gasteiger partial charge on any atom is 0.229 e. The van der Waals surface area contributed by atoms with Gasteiger partial charge in [-0.25, -0.2) is 0 Å². The number of nitrogens with zero attached hydrogens (tertiary/aromatic N) is 1. The fourth-order valence-electron chi connectivity index (χ4n) is 4.40. The van der Waals surface area contributed by atoms with Gasteiger partial charge in [-0.3, -0.25) is 4.79 Å². The lowest BCUT2D eigenvalue weighted by Crippen LogP contribution is -2.37. The first-order valence-electron chi connectivity index (χ1n) is 6.80. The Balaban J connectivity index is 1.58. The molecule has 16 heavy (non-hydrogen) atoms. The van der Waals surface area contributed by atoms with E-state index in [0.717, 1.165) is 13.0 Å². The molecule has 4 rings (SSSR count). The van der Waals surface area contributed by atoms with Crippen molar-refractivity contribution in [2.45, 2.75) is 56.8 Å². The molecule has 1 saturated carbocycles. The van der Waals surface area contributed by atoms with E-state index in [2.05, 4.69) is 4.90 Å². The Morgan fingerprint density at radius 2 is 1.81 bits per heavy atom. The second-order valence-electron chi connectivity index (χ2n) is 5.91. The Morgan fingerprint density at radius 1 is 1.06 bits per heavy atom. The van der Waals surface area contributed by atoms with Gasteiger partial charge in [0.15, 0.2) is 0 Å². The number of likely N-dealkylation sites (tertiary alicyclic amines) is 1. The third-order valence-electron chi connectivity index (χ3n) is 5.17. The second kappa shape index (κ2) is 3.22. The molecule has 0 aromatic heterocycles. The molecular formula is C13H19NO2. The lowest BCUT2D eigenvalue weighted by molar-refractivity contribution is -0.135. The summed E-state index contributed by atoms with van der Waals surface area (Å²) in [6.07, 6.45) is 8.09. The van der Waals surface area contributed by atoms with Gasteiger partial charge in [-0.1, -0.05) is 12.8 Å². The summed E-state index contributed by atoms with van der Waals surface area (Å²) in [4.78, 5) is 14.6. The molecule has 0 N–H and O–H groups in total. The highest BCUT2D eigenvalue weighted by molar-refractivity contribution is 5.83. The highest BCUT2D eigenvalue weighted by atomic mass is 16.5. The summed E-state index contributed by atoms with van der Waals surface area (Å²) < 4.78 is 5.87. The van der Waals surface area contributed by atoms with Gasteiger partial charge in [0.2, 0.25) is 5.91 Å². The summed E-state index contributed by atoms with van der Waals surface area (Å²) in [5.74, 6) is 1.19. The van der Waals surface area contributed by atoms with E-state index in [0.29, 0.717) is 24.0 Å². The third-order valence-corrected chi connectivity index (χ3v) is 5.17. The highest BCUT2D eigenvalue weighted by Crippen LogP contribution is 2.49. The van der Waals surface area contributed by atoms with E-state index in [1.807, 2.05) is 0 Å². The molecule has 0 spiro atoms. The summed E-state index contributed by atoms with van der Waals surface area (Å²) in [5, 5.41) is 0.